The monoisotopic (exact) mass is 341 g/mol. The van der Waals surface area contributed by atoms with Crippen molar-refractivity contribution in [2.75, 3.05) is 25.2 Å². The standard InChI is InChI=1S/C19H23N3O3/c1-14-9-10-18(21-20-14)22-11-5-7-16(22)13-25-19(23)17-8-4-3-6-15(17)12-24-2/h3-4,6,8-10,16H,5,7,11-13H2,1-2H3. The first-order chi connectivity index (χ1) is 12.2. The molecule has 0 amide bonds. The van der Waals surface area contributed by atoms with Crippen molar-refractivity contribution < 1.29 is 14.3 Å². The second-order valence-electron chi connectivity index (χ2n) is 6.21. The van der Waals surface area contributed by atoms with Gasteiger partial charge in [0.1, 0.15) is 6.61 Å². The van der Waals surface area contributed by atoms with Crippen molar-refractivity contribution in [1.82, 2.24) is 10.2 Å². The van der Waals surface area contributed by atoms with E-state index < -0.39 is 0 Å². The summed E-state index contributed by atoms with van der Waals surface area (Å²) in [6, 6.07) is 11.4. The molecule has 1 aliphatic rings. The Hall–Kier alpha value is -2.47. The van der Waals surface area contributed by atoms with Gasteiger partial charge in [0.05, 0.1) is 23.9 Å². The van der Waals surface area contributed by atoms with Crippen molar-refractivity contribution in [2.24, 2.45) is 0 Å². The highest BCUT2D eigenvalue weighted by Crippen LogP contribution is 2.24. The number of anilines is 1. The van der Waals surface area contributed by atoms with Crippen LogP contribution in [0.3, 0.4) is 0 Å². The highest BCUT2D eigenvalue weighted by Gasteiger charge is 2.27. The van der Waals surface area contributed by atoms with Crippen LogP contribution in [0.15, 0.2) is 36.4 Å². The summed E-state index contributed by atoms with van der Waals surface area (Å²) < 4.78 is 10.7. The molecule has 0 saturated carbocycles. The number of aromatic nitrogens is 2. The Balaban J connectivity index is 1.64. The van der Waals surface area contributed by atoms with Gasteiger partial charge in [-0.25, -0.2) is 4.79 Å². The Morgan fingerprint density at radius 2 is 2.08 bits per heavy atom. The van der Waals surface area contributed by atoms with E-state index in [1.54, 1.807) is 13.2 Å². The van der Waals surface area contributed by atoms with Gasteiger partial charge in [-0.1, -0.05) is 18.2 Å². The molecule has 0 aliphatic carbocycles. The molecule has 2 heterocycles. The molecule has 3 rings (SSSR count). The van der Waals surface area contributed by atoms with Crippen molar-refractivity contribution in [3.8, 4) is 0 Å². The minimum absolute atomic E-state index is 0.135. The quantitative estimate of drug-likeness (QED) is 0.753. The number of carbonyl (C=O) groups excluding carboxylic acids is 1. The summed E-state index contributed by atoms with van der Waals surface area (Å²) in [7, 11) is 1.61. The molecule has 132 valence electrons. The molecule has 1 aliphatic heterocycles. The summed E-state index contributed by atoms with van der Waals surface area (Å²) in [6.45, 7) is 3.55. The largest absolute Gasteiger partial charge is 0.460 e. The van der Waals surface area contributed by atoms with Crippen LogP contribution < -0.4 is 4.90 Å². The minimum Gasteiger partial charge on any atom is -0.460 e. The number of hydrogen-bond donors (Lipinski definition) is 0. The van der Waals surface area contributed by atoms with Crippen molar-refractivity contribution in [2.45, 2.75) is 32.4 Å². The summed E-state index contributed by atoms with van der Waals surface area (Å²) in [5.41, 5.74) is 2.28. The van der Waals surface area contributed by atoms with E-state index in [1.165, 1.54) is 0 Å². The van der Waals surface area contributed by atoms with Crippen molar-refractivity contribution in [3.63, 3.8) is 0 Å². The number of carbonyl (C=O) groups is 1. The molecule has 1 fully saturated rings. The Bertz CT molecular complexity index is 718. The Kier molecular flexibility index (Phi) is 5.60. The molecule has 6 heteroatoms. The molecule has 1 atom stereocenters. The summed E-state index contributed by atoms with van der Waals surface area (Å²) >= 11 is 0. The van der Waals surface area contributed by atoms with E-state index in [0.29, 0.717) is 18.8 Å². The number of rotatable bonds is 6. The maximum absolute atomic E-state index is 12.5. The van der Waals surface area contributed by atoms with Crippen LogP contribution in [0.4, 0.5) is 5.82 Å². The maximum atomic E-state index is 12.5. The molecule has 1 unspecified atom stereocenters. The number of ether oxygens (including phenoxy) is 2. The third-order valence-corrected chi connectivity index (χ3v) is 4.40. The van der Waals surface area contributed by atoms with Gasteiger partial charge < -0.3 is 14.4 Å². The highest BCUT2D eigenvalue weighted by molar-refractivity contribution is 5.91. The SMILES string of the molecule is COCc1ccccc1C(=O)OCC1CCCN1c1ccc(C)nn1. The Labute approximate surface area is 147 Å². The summed E-state index contributed by atoms with van der Waals surface area (Å²) in [5, 5.41) is 8.37. The molecule has 0 bridgehead atoms. The van der Waals surface area contributed by atoms with Gasteiger partial charge in [-0.05, 0) is 43.5 Å². The van der Waals surface area contributed by atoms with Crippen molar-refractivity contribution in [3.05, 3.63) is 53.2 Å². The zero-order valence-electron chi connectivity index (χ0n) is 14.6. The fourth-order valence-corrected chi connectivity index (χ4v) is 3.11. The van der Waals surface area contributed by atoms with Crippen molar-refractivity contribution >= 4 is 11.8 Å². The molecule has 1 aromatic heterocycles. The lowest BCUT2D eigenvalue weighted by molar-refractivity contribution is 0.0478. The van der Waals surface area contributed by atoms with Crippen LogP contribution >= 0.6 is 0 Å². The predicted molar refractivity (Wildman–Crippen MR) is 94.6 cm³/mol. The molecule has 0 spiro atoms. The molecule has 25 heavy (non-hydrogen) atoms. The fourth-order valence-electron chi connectivity index (χ4n) is 3.11. The van der Waals surface area contributed by atoms with Crippen LogP contribution in [0, 0.1) is 6.92 Å². The number of esters is 1. The van der Waals surface area contributed by atoms with E-state index in [2.05, 4.69) is 15.1 Å². The molecular weight excluding hydrogens is 318 g/mol. The topological polar surface area (TPSA) is 64.6 Å². The van der Waals surface area contributed by atoms with Gasteiger partial charge >= 0.3 is 5.97 Å². The van der Waals surface area contributed by atoms with Gasteiger partial charge in [0.25, 0.3) is 0 Å². The van der Waals surface area contributed by atoms with Gasteiger partial charge in [0, 0.05) is 13.7 Å². The average Bonchev–Trinajstić information content (AvgIpc) is 3.09. The van der Waals surface area contributed by atoms with Gasteiger partial charge in [-0.15, -0.1) is 5.10 Å². The Morgan fingerprint density at radius 1 is 1.24 bits per heavy atom. The van der Waals surface area contributed by atoms with Crippen LogP contribution in [0.5, 0.6) is 0 Å². The average molecular weight is 341 g/mol. The Morgan fingerprint density at radius 3 is 2.84 bits per heavy atom. The lowest BCUT2D eigenvalue weighted by atomic mass is 10.1. The van der Waals surface area contributed by atoms with Gasteiger partial charge in [-0.3, -0.25) is 0 Å². The van der Waals surface area contributed by atoms with E-state index in [0.717, 1.165) is 36.5 Å². The first-order valence-electron chi connectivity index (χ1n) is 8.50. The smallest absolute Gasteiger partial charge is 0.338 e. The molecular formula is C19H23N3O3. The van der Waals surface area contributed by atoms with Gasteiger partial charge in [0.15, 0.2) is 5.82 Å². The first-order valence-corrected chi connectivity index (χ1v) is 8.50. The lowest BCUT2D eigenvalue weighted by Gasteiger charge is -2.25. The van der Waals surface area contributed by atoms with Gasteiger partial charge in [-0.2, -0.15) is 5.10 Å². The number of benzene rings is 1. The maximum Gasteiger partial charge on any atom is 0.338 e. The first kappa shape index (κ1) is 17.4. The zero-order chi connectivity index (χ0) is 17.6. The molecule has 6 nitrogen and oxygen atoms in total. The van der Waals surface area contributed by atoms with E-state index in [1.807, 2.05) is 37.3 Å². The van der Waals surface area contributed by atoms with Crippen LogP contribution in [0.2, 0.25) is 0 Å². The predicted octanol–water partition coefficient (Wildman–Crippen LogP) is 2.76. The number of nitrogens with zero attached hydrogens (tertiary/aromatic N) is 3. The highest BCUT2D eigenvalue weighted by atomic mass is 16.5. The zero-order valence-corrected chi connectivity index (χ0v) is 14.6. The third kappa shape index (κ3) is 4.14. The normalized spacial score (nSPS) is 16.9. The summed E-state index contributed by atoms with van der Waals surface area (Å²) in [4.78, 5) is 14.6. The molecule has 1 saturated heterocycles. The number of methoxy groups -OCH3 is 1. The van der Waals surface area contributed by atoms with Crippen molar-refractivity contribution in [1.29, 1.82) is 0 Å². The van der Waals surface area contributed by atoms with E-state index in [-0.39, 0.29) is 12.0 Å². The lowest BCUT2D eigenvalue weighted by Crippen LogP contribution is -2.34. The van der Waals surface area contributed by atoms with Gasteiger partial charge in [0.2, 0.25) is 0 Å². The minimum atomic E-state index is -0.311. The third-order valence-electron chi connectivity index (χ3n) is 4.40. The molecule has 1 aromatic carbocycles. The van der Waals surface area contributed by atoms with E-state index in [9.17, 15) is 4.79 Å². The van der Waals surface area contributed by atoms with Crippen LogP contribution in [-0.2, 0) is 16.1 Å². The summed E-state index contributed by atoms with van der Waals surface area (Å²) in [5.74, 6) is 0.526. The van der Waals surface area contributed by atoms with Crippen LogP contribution in [0.1, 0.15) is 34.5 Å². The van der Waals surface area contributed by atoms with Crippen LogP contribution in [0.25, 0.3) is 0 Å². The molecule has 2 aromatic rings. The molecule has 0 radical (unpaired) electrons. The summed E-state index contributed by atoms with van der Waals surface area (Å²) in [6.07, 6.45) is 2.03. The van der Waals surface area contributed by atoms with E-state index in [4.69, 9.17) is 9.47 Å². The van der Waals surface area contributed by atoms with Crippen LogP contribution in [-0.4, -0.2) is 42.5 Å². The second kappa shape index (κ2) is 8.07. The second-order valence-corrected chi connectivity index (χ2v) is 6.21. The van der Waals surface area contributed by atoms with E-state index >= 15 is 0 Å². The molecule has 0 N–H and O–H groups in total. The number of aryl methyl sites for hydroxylation is 1. The number of hydrogen-bond acceptors (Lipinski definition) is 6. The fraction of sp³-hybridized carbons (Fsp3) is 0.421.